The molecule has 0 aromatic carbocycles. The number of piperidine rings is 1. The first-order chi connectivity index (χ1) is 7.83. The smallest absolute Gasteiger partial charge is 0.279 e. The van der Waals surface area contributed by atoms with Crippen LogP contribution in [0, 0.1) is 0 Å². The lowest BCUT2D eigenvalue weighted by molar-refractivity contribution is 0.263. The summed E-state index contributed by atoms with van der Waals surface area (Å²) in [5, 5.41) is 0. The molecule has 0 radical (unpaired) electrons. The Bertz CT molecular complexity index is 330. The van der Waals surface area contributed by atoms with Gasteiger partial charge in [0.05, 0.1) is 0 Å². The summed E-state index contributed by atoms with van der Waals surface area (Å²) in [5.41, 5.74) is 5.67. The van der Waals surface area contributed by atoms with Gasteiger partial charge < -0.3 is 5.73 Å². The van der Waals surface area contributed by atoms with E-state index in [1.807, 2.05) is 20.8 Å². The number of nitrogens with two attached hydrogens (primary N) is 1. The molecular weight excluding hydrogens is 238 g/mol. The molecule has 6 heteroatoms. The third-order valence-corrected chi connectivity index (χ3v) is 4.99. The zero-order valence-electron chi connectivity index (χ0n) is 11.0. The Hall–Kier alpha value is -0.170. The lowest BCUT2D eigenvalue weighted by Gasteiger charge is -2.33. The van der Waals surface area contributed by atoms with Crippen LogP contribution in [0.3, 0.4) is 0 Å². The maximum absolute atomic E-state index is 12.2. The van der Waals surface area contributed by atoms with Crippen LogP contribution in [-0.2, 0) is 10.2 Å². The van der Waals surface area contributed by atoms with Crippen LogP contribution in [0.5, 0.6) is 0 Å². The number of hydrogen-bond donors (Lipinski definition) is 2. The van der Waals surface area contributed by atoms with Crippen molar-refractivity contribution in [2.45, 2.75) is 64.6 Å². The number of rotatable bonds is 5. The largest absolute Gasteiger partial charge is 0.328 e. The third kappa shape index (κ3) is 4.54. The first kappa shape index (κ1) is 14.9. The van der Waals surface area contributed by atoms with E-state index in [0.717, 1.165) is 19.3 Å². The van der Waals surface area contributed by atoms with Gasteiger partial charge in [-0.05, 0) is 40.0 Å². The van der Waals surface area contributed by atoms with Crippen LogP contribution >= 0.6 is 0 Å². The average Bonchev–Trinajstić information content (AvgIpc) is 2.15. The number of nitrogens with one attached hydrogen (secondary N) is 1. The molecular formula is C11H25N3O2S. The molecule has 5 nitrogen and oxygen atoms in total. The highest BCUT2D eigenvalue weighted by atomic mass is 32.2. The molecule has 17 heavy (non-hydrogen) atoms. The van der Waals surface area contributed by atoms with Crippen LogP contribution < -0.4 is 10.5 Å². The maximum Gasteiger partial charge on any atom is 0.279 e. The third-order valence-electron chi connectivity index (χ3n) is 3.13. The van der Waals surface area contributed by atoms with Gasteiger partial charge in [0.25, 0.3) is 10.2 Å². The molecule has 0 aromatic rings. The van der Waals surface area contributed by atoms with Gasteiger partial charge >= 0.3 is 0 Å². The summed E-state index contributed by atoms with van der Waals surface area (Å²) in [6, 6.07) is -0.00986. The van der Waals surface area contributed by atoms with Gasteiger partial charge in [-0.2, -0.15) is 17.4 Å². The summed E-state index contributed by atoms with van der Waals surface area (Å²) >= 11 is 0. The number of nitrogens with zero attached hydrogens (tertiary/aromatic N) is 1. The Labute approximate surface area is 105 Å². The van der Waals surface area contributed by atoms with Gasteiger partial charge in [0.15, 0.2) is 0 Å². The number of hydrogen-bond acceptors (Lipinski definition) is 3. The van der Waals surface area contributed by atoms with Crippen molar-refractivity contribution in [2.24, 2.45) is 5.73 Å². The second-order valence-electron chi connectivity index (χ2n) is 5.19. The first-order valence-electron chi connectivity index (χ1n) is 6.37. The Morgan fingerprint density at radius 3 is 2.59 bits per heavy atom. The fraction of sp³-hybridized carbons (Fsp3) is 1.00. The van der Waals surface area contributed by atoms with Crippen LogP contribution in [0.15, 0.2) is 0 Å². The predicted molar refractivity (Wildman–Crippen MR) is 69.8 cm³/mol. The van der Waals surface area contributed by atoms with Crippen molar-refractivity contribution < 1.29 is 8.42 Å². The fourth-order valence-electron chi connectivity index (χ4n) is 2.36. The van der Waals surface area contributed by atoms with E-state index in [0.29, 0.717) is 13.0 Å². The minimum Gasteiger partial charge on any atom is -0.328 e. The Kier molecular flexibility index (Phi) is 5.37. The summed E-state index contributed by atoms with van der Waals surface area (Å²) < 4.78 is 28.6. The van der Waals surface area contributed by atoms with E-state index in [-0.39, 0.29) is 18.1 Å². The van der Waals surface area contributed by atoms with Crippen molar-refractivity contribution in [1.82, 2.24) is 9.03 Å². The fourth-order valence-corrected chi connectivity index (χ4v) is 4.05. The highest BCUT2D eigenvalue weighted by molar-refractivity contribution is 7.87. The van der Waals surface area contributed by atoms with Crippen LogP contribution in [0.2, 0.25) is 0 Å². The molecule has 0 aromatic heterocycles. The van der Waals surface area contributed by atoms with Crippen molar-refractivity contribution in [1.29, 1.82) is 0 Å². The second-order valence-corrected chi connectivity index (χ2v) is 6.85. The minimum absolute atomic E-state index is 0.00600. The second kappa shape index (κ2) is 6.13. The van der Waals surface area contributed by atoms with Gasteiger partial charge in [-0.25, -0.2) is 0 Å². The highest BCUT2D eigenvalue weighted by Crippen LogP contribution is 2.19. The van der Waals surface area contributed by atoms with E-state index < -0.39 is 10.2 Å². The summed E-state index contributed by atoms with van der Waals surface area (Å²) in [5.74, 6) is 0. The molecule has 0 spiro atoms. The zero-order chi connectivity index (χ0) is 13.1. The van der Waals surface area contributed by atoms with Gasteiger partial charge in [0.2, 0.25) is 0 Å². The molecule has 1 heterocycles. The van der Waals surface area contributed by atoms with Crippen molar-refractivity contribution in [2.75, 3.05) is 6.54 Å². The molecule has 1 fully saturated rings. The summed E-state index contributed by atoms with van der Waals surface area (Å²) in [4.78, 5) is 0. The van der Waals surface area contributed by atoms with Crippen LogP contribution in [0.4, 0.5) is 0 Å². The predicted octanol–water partition coefficient (Wildman–Crippen LogP) is 0.821. The topological polar surface area (TPSA) is 75.4 Å². The molecule has 1 aliphatic rings. The monoisotopic (exact) mass is 263 g/mol. The van der Waals surface area contributed by atoms with Crippen LogP contribution in [0.1, 0.15) is 46.5 Å². The molecule has 102 valence electrons. The van der Waals surface area contributed by atoms with E-state index >= 15 is 0 Å². The SMILES string of the molecule is CC(N)CC(C)NS(=O)(=O)N1CCCCC1C. The standard InChI is InChI=1S/C11H25N3O2S/c1-9(12)8-10(2)13-17(15,16)14-7-5-4-6-11(14)3/h9-11,13H,4-8,12H2,1-3H3. The Balaban J connectivity index is 2.60. The van der Waals surface area contributed by atoms with E-state index in [9.17, 15) is 8.42 Å². The average molecular weight is 263 g/mol. The first-order valence-corrected chi connectivity index (χ1v) is 7.81. The molecule has 1 aliphatic heterocycles. The molecule has 0 aliphatic carbocycles. The van der Waals surface area contributed by atoms with Gasteiger partial charge in [-0.15, -0.1) is 0 Å². The van der Waals surface area contributed by atoms with E-state index in [1.54, 1.807) is 4.31 Å². The van der Waals surface area contributed by atoms with Crippen molar-refractivity contribution in [3.8, 4) is 0 Å². The molecule has 3 unspecified atom stereocenters. The molecule has 0 amide bonds. The van der Waals surface area contributed by atoms with Crippen LogP contribution in [0.25, 0.3) is 0 Å². The molecule has 1 saturated heterocycles. The molecule has 3 atom stereocenters. The Morgan fingerprint density at radius 1 is 1.41 bits per heavy atom. The van der Waals surface area contributed by atoms with E-state index in [1.165, 1.54) is 0 Å². The normalized spacial score (nSPS) is 26.7. The molecule has 1 rings (SSSR count). The zero-order valence-corrected chi connectivity index (χ0v) is 11.8. The minimum atomic E-state index is -3.35. The van der Waals surface area contributed by atoms with Gasteiger partial charge in [-0.1, -0.05) is 6.42 Å². The van der Waals surface area contributed by atoms with Crippen molar-refractivity contribution >= 4 is 10.2 Å². The van der Waals surface area contributed by atoms with Gasteiger partial charge in [0, 0.05) is 24.7 Å². The quantitative estimate of drug-likeness (QED) is 0.771. The summed E-state index contributed by atoms with van der Waals surface area (Å²) in [6.07, 6.45) is 3.67. The maximum atomic E-state index is 12.2. The van der Waals surface area contributed by atoms with Crippen LogP contribution in [-0.4, -0.2) is 37.4 Å². The van der Waals surface area contributed by atoms with E-state index in [2.05, 4.69) is 4.72 Å². The highest BCUT2D eigenvalue weighted by Gasteiger charge is 2.30. The van der Waals surface area contributed by atoms with Crippen molar-refractivity contribution in [3.05, 3.63) is 0 Å². The molecule has 0 saturated carbocycles. The van der Waals surface area contributed by atoms with Gasteiger partial charge in [-0.3, -0.25) is 0 Å². The Morgan fingerprint density at radius 2 is 2.06 bits per heavy atom. The van der Waals surface area contributed by atoms with Crippen molar-refractivity contribution in [3.63, 3.8) is 0 Å². The van der Waals surface area contributed by atoms with E-state index in [4.69, 9.17) is 5.73 Å². The molecule has 0 bridgehead atoms. The summed E-state index contributed by atoms with van der Waals surface area (Å²) in [6.45, 7) is 6.33. The summed E-state index contributed by atoms with van der Waals surface area (Å²) in [7, 11) is -3.35. The van der Waals surface area contributed by atoms with Gasteiger partial charge in [0.1, 0.15) is 0 Å². The lowest BCUT2D eigenvalue weighted by Crippen LogP contribution is -2.50. The molecule has 3 N–H and O–H groups in total. The lowest BCUT2D eigenvalue weighted by atomic mass is 10.1.